The molecule has 0 spiro atoms. The number of furan rings is 1. The minimum absolute atomic E-state index is 0.893. The van der Waals surface area contributed by atoms with Crippen molar-refractivity contribution in [2.75, 3.05) is 32.8 Å². The second-order valence-corrected chi connectivity index (χ2v) is 3.48. The Morgan fingerprint density at radius 1 is 1.36 bits per heavy atom. The lowest BCUT2D eigenvalue weighted by atomic mass is 10.3. The highest BCUT2D eigenvalue weighted by Gasteiger charge is 2.10. The second-order valence-electron chi connectivity index (χ2n) is 3.48. The largest absolute Gasteiger partial charge is 0.465 e. The first kappa shape index (κ1) is 9.49. The van der Waals surface area contributed by atoms with Crippen LogP contribution in [-0.2, 0) is 4.74 Å². The summed E-state index contributed by atoms with van der Waals surface area (Å²) in [4.78, 5) is 1.58. The SMILES string of the molecule is C(=C\c1ccco1)/C[NH+]1CCOCC1. The summed E-state index contributed by atoms with van der Waals surface area (Å²) < 4.78 is 10.5. The molecule has 0 bridgehead atoms. The molecule has 3 heteroatoms. The molecule has 76 valence electrons. The maximum Gasteiger partial charge on any atom is 0.126 e. The molecule has 1 saturated heterocycles. The molecule has 14 heavy (non-hydrogen) atoms. The maximum atomic E-state index is 5.29. The second kappa shape index (κ2) is 4.98. The van der Waals surface area contributed by atoms with Crippen LogP contribution >= 0.6 is 0 Å². The number of hydrogen-bond acceptors (Lipinski definition) is 2. The molecule has 2 rings (SSSR count). The lowest BCUT2D eigenvalue weighted by Gasteiger charge is -2.22. The van der Waals surface area contributed by atoms with Crippen molar-refractivity contribution < 1.29 is 14.1 Å². The van der Waals surface area contributed by atoms with Crippen LogP contribution in [0.1, 0.15) is 5.76 Å². The molecule has 1 aromatic rings. The third kappa shape index (κ3) is 2.72. The van der Waals surface area contributed by atoms with E-state index >= 15 is 0 Å². The Labute approximate surface area is 84.0 Å². The highest BCUT2D eigenvalue weighted by Crippen LogP contribution is 2.00. The van der Waals surface area contributed by atoms with Crippen LogP contribution in [0, 0.1) is 0 Å². The lowest BCUT2D eigenvalue weighted by Crippen LogP contribution is -3.13. The van der Waals surface area contributed by atoms with Gasteiger partial charge < -0.3 is 14.1 Å². The van der Waals surface area contributed by atoms with Gasteiger partial charge in [-0.1, -0.05) is 0 Å². The van der Waals surface area contributed by atoms with E-state index in [1.54, 1.807) is 11.2 Å². The number of morpholine rings is 1. The zero-order valence-corrected chi connectivity index (χ0v) is 8.24. The quantitative estimate of drug-likeness (QED) is 0.744. The van der Waals surface area contributed by atoms with E-state index in [2.05, 4.69) is 6.08 Å². The van der Waals surface area contributed by atoms with Crippen molar-refractivity contribution in [2.45, 2.75) is 0 Å². The number of hydrogen-bond donors (Lipinski definition) is 1. The van der Waals surface area contributed by atoms with Gasteiger partial charge in [0.25, 0.3) is 0 Å². The van der Waals surface area contributed by atoms with Crippen LogP contribution in [0.4, 0.5) is 0 Å². The van der Waals surface area contributed by atoms with Crippen molar-refractivity contribution in [1.29, 1.82) is 0 Å². The van der Waals surface area contributed by atoms with Gasteiger partial charge in [0, 0.05) is 0 Å². The van der Waals surface area contributed by atoms with Gasteiger partial charge in [0.1, 0.15) is 18.8 Å². The average Bonchev–Trinajstić information content (AvgIpc) is 2.72. The van der Waals surface area contributed by atoms with E-state index in [1.165, 1.54) is 0 Å². The Hall–Kier alpha value is -1.06. The van der Waals surface area contributed by atoms with Gasteiger partial charge in [0.2, 0.25) is 0 Å². The fourth-order valence-electron chi connectivity index (χ4n) is 1.59. The van der Waals surface area contributed by atoms with Gasteiger partial charge in [-0.3, -0.25) is 0 Å². The molecule has 0 unspecified atom stereocenters. The number of rotatable bonds is 3. The predicted octanol–water partition coefficient (Wildman–Crippen LogP) is 0.208. The Bertz CT molecular complexity index is 273. The molecule has 1 aliphatic rings. The van der Waals surface area contributed by atoms with Crippen molar-refractivity contribution in [2.24, 2.45) is 0 Å². The normalized spacial score (nSPS) is 19.1. The fourth-order valence-corrected chi connectivity index (χ4v) is 1.59. The standard InChI is InChI=1S/C11H15NO2/c1(3-11-4-2-8-14-11)5-12-6-9-13-10-7-12/h1-4,8H,5-7,9-10H2/p+1/b3-1+. The van der Waals surface area contributed by atoms with E-state index in [0.717, 1.165) is 38.6 Å². The van der Waals surface area contributed by atoms with Crippen molar-refractivity contribution >= 4 is 6.08 Å². The first-order valence-corrected chi connectivity index (χ1v) is 5.06. The summed E-state index contributed by atoms with van der Waals surface area (Å²) in [6.07, 6.45) is 5.89. The fraction of sp³-hybridized carbons (Fsp3) is 0.455. The van der Waals surface area contributed by atoms with Gasteiger partial charge in [0.15, 0.2) is 0 Å². The molecular weight excluding hydrogens is 178 g/mol. The monoisotopic (exact) mass is 194 g/mol. The summed E-state index contributed by atoms with van der Waals surface area (Å²) in [5, 5.41) is 0. The summed E-state index contributed by atoms with van der Waals surface area (Å²) >= 11 is 0. The smallest absolute Gasteiger partial charge is 0.126 e. The van der Waals surface area contributed by atoms with Gasteiger partial charge in [-0.05, 0) is 24.3 Å². The van der Waals surface area contributed by atoms with Crippen LogP contribution in [-0.4, -0.2) is 32.8 Å². The van der Waals surface area contributed by atoms with Crippen LogP contribution in [0.5, 0.6) is 0 Å². The number of ether oxygens (including phenoxy) is 1. The summed E-state index contributed by atoms with van der Waals surface area (Å²) in [6.45, 7) is 5.07. The molecule has 0 aromatic carbocycles. The average molecular weight is 194 g/mol. The number of quaternary nitrogens is 1. The summed E-state index contributed by atoms with van der Waals surface area (Å²) in [5.41, 5.74) is 0. The van der Waals surface area contributed by atoms with Crippen molar-refractivity contribution in [3.05, 3.63) is 30.2 Å². The first-order chi connectivity index (χ1) is 6.95. The van der Waals surface area contributed by atoms with E-state index in [1.807, 2.05) is 18.2 Å². The van der Waals surface area contributed by atoms with E-state index in [9.17, 15) is 0 Å². The molecule has 3 nitrogen and oxygen atoms in total. The van der Waals surface area contributed by atoms with Gasteiger partial charge in [0.05, 0.1) is 26.0 Å². The highest BCUT2D eigenvalue weighted by molar-refractivity contribution is 5.41. The molecule has 2 heterocycles. The lowest BCUT2D eigenvalue weighted by molar-refractivity contribution is -0.902. The summed E-state index contributed by atoms with van der Waals surface area (Å²) in [6, 6.07) is 3.87. The van der Waals surface area contributed by atoms with Crippen LogP contribution < -0.4 is 4.90 Å². The minimum atomic E-state index is 0.893. The van der Waals surface area contributed by atoms with Gasteiger partial charge in [-0.25, -0.2) is 0 Å². The van der Waals surface area contributed by atoms with Crippen molar-refractivity contribution in [3.8, 4) is 0 Å². The topological polar surface area (TPSA) is 26.8 Å². The molecule has 1 aromatic heterocycles. The van der Waals surface area contributed by atoms with E-state index in [4.69, 9.17) is 9.15 Å². The van der Waals surface area contributed by atoms with Crippen LogP contribution in [0.2, 0.25) is 0 Å². The maximum absolute atomic E-state index is 5.29. The molecule has 1 aliphatic heterocycles. The van der Waals surface area contributed by atoms with Gasteiger partial charge >= 0.3 is 0 Å². The van der Waals surface area contributed by atoms with E-state index in [-0.39, 0.29) is 0 Å². The van der Waals surface area contributed by atoms with E-state index in [0.29, 0.717) is 0 Å². The zero-order valence-electron chi connectivity index (χ0n) is 8.24. The van der Waals surface area contributed by atoms with E-state index < -0.39 is 0 Å². The summed E-state index contributed by atoms with van der Waals surface area (Å²) in [7, 11) is 0. The third-order valence-corrected chi connectivity index (χ3v) is 2.43. The third-order valence-electron chi connectivity index (χ3n) is 2.43. The molecule has 0 radical (unpaired) electrons. The van der Waals surface area contributed by atoms with Crippen molar-refractivity contribution in [3.63, 3.8) is 0 Å². The van der Waals surface area contributed by atoms with Crippen LogP contribution in [0.3, 0.4) is 0 Å². The van der Waals surface area contributed by atoms with Crippen molar-refractivity contribution in [1.82, 2.24) is 0 Å². The molecule has 0 atom stereocenters. The van der Waals surface area contributed by atoms with Crippen LogP contribution in [0.25, 0.3) is 6.08 Å². The highest BCUT2D eigenvalue weighted by atomic mass is 16.5. The Kier molecular flexibility index (Phi) is 3.38. The molecule has 0 saturated carbocycles. The summed E-state index contributed by atoms with van der Waals surface area (Å²) in [5.74, 6) is 0.928. The number of nitrogens with one attached hydrogen (secondary N) is 1. The Balaban J connectivity index is 1.76. The molecular formula is C11H16NO2+. The molecule has 1 fully saturated rings. The van der Waals surface area contributed by atoms with Gasteiger partial charge in [-0.2, -0.15) is 0 Å². The zero-order chi connectivity index (χ0) is 9.64. The van der Waals surface area contributed by atoms with Crippen LogP contribution in [0.15, 0.2) is 28.9 Å². The molecule has 0 amide bonds. The molecule has 0 aliphatic carbocycles. The Morgan fingerprint density at radius 2 is 2.21 bits per heavy atom. The predicted molar refractivity (Wildman–Crippen MR) is 54.1 cm³/mol. The minimum Gasteiger partial charge on any atom is -0.465 e. The first-order valence-electron chi connectivity index (χ1n) is 5.06. The Morgan fingerprint density at radius 3 is 2.93 bits per heavy atom. The molecule has 1 N–H and O–H groups in total. The van der Waals surface area contributed by atoms with Gasteiger partial charge in [-0.15, -0.1) is 0 Å².